The van der Waals surface area contributed by atoms with E-state index in [4.69, 9.17) is 0 Å². The van der Waals surface area contributed by atoms with Crippen molar-refractivity contribution in [3.8, 4) is 0 Å². The van der Waals surface area contributed by atoms with Crippen LogP contribution in [0.15, 0.2) is 0 Å². The van der Waals surface area contributed by atoms with E-state index in [-0.39, 0.29) is 18.5 Å². The molecule has 0 aliphatic carbocycles. The van der Waals surface area contributed by atoms with Crippen LogP contribution in [0.2, 0.25) is 0 Å². The molecule has 1 aliphatic rings. The molecule has 2 atom stereocenters. The molecule has 2 unspecified atom stereocenters. The highest BCUT2D eigenvalue weighted by atomic mass is 19.4. The van der Waals surface area contributed by atoms with Crippen LogP contribution in [0.25, 0.3) is 0 Å². The van der Waals surface area contributed by atoms with Crippen molar-refractivity contribution in [2.24, 2.45) is 5.92 Å². The third kappa shape index (κ3) is 5.39. The fourth-order valence-corrected chi connectivity index (χ4v) is 2.02. The number of hydrogen-bond donors (Lipinski definition) is 2. The third-order valence-electron chi connectivity index (χ3n) is 3.11. The molecule has 3 nitrogen and oxygen atoms in total. The predicted octanol–water partition coefficient (Wildman–Crippen LogP) is 1.83. The molecule has 1 heterocycles. The van der Waals surface area contributed by atoms with E-state index in [1.807, 2.05) is 0 Å². The van der Waals surface area contributed by atoms with E-state index in [0.717, 1.165) is 19.4 Å². The number of amides is 1. The summed E-state index contributed by atoms with van der Waals surface area (Å²) in [4.78, 5) is 11.6. The molecular weight excluding hydrogens is 233 g/mol. The molecule has 0 saturated carbocycles. The maximum Gasteiger partial charge on any atom is 0.390 e. The summed E-state index contributed by atoms with van der Waals surface area (Å²) in [7, 11) is 0. The topological polar surface area (TPSA) is 41.1 Å². The minimum absolute atomic E-state index is 0.313. The van der Waals surface area contributed by atoms with Crippen LogP contribution in [-0.2, 0) is 4.79 Å². The van der Waals surface area contributed by atoms with E-state index in [0.29, 0.717) is 12.3 Å². The number of halogens is 3. The summed E-state index contributed by atoms with van der Waals surface area (Å²) in [5.41, 5.74) is 0. The van der Waals surface area contributed by atoms with Crippen LogP contribution in [0.3, 0.4) is 0 Å². The van der Waals surface area contributed by atoms with Gasteiger partial charge in [-0.2, -0.15) is 13.2 Å². The Morgan fingerprint density at radius 1 is 1.47 bits per heavy atom. The Hall–Kier alpha value is -0.780. The molecule has 1 fully saturated rings. The Morgan fingerprint density at radius 3 is 2.76 bits per heavy atom. The minimum Gasteiger partial charge on any atom is -0.354 e. The van der Waals surface area contributed by atoms with Gasteiger partial charge in [-0.05, 0) is 25.3 Å². The van der Waals surface area contributed by atoms with E-state index < -0.39 is 12.6 Å². The fourth-order valence-electron chi connectivity index (χ4n) is 2.02. The number of carbonyl (C=O) groups is 1. The van der Waals surface area contributed by atoms with E-state index in [9.17, 15) is 18.0 Å². The molecule has 1 aliphatic heterocycles. The summed E-state index contributed by atoms with van der Waals surface area (Å²) in [5, 5.41) is 5.37. The van der Waals surface area contributed by atoms with Crippen molar-refractivity contribution in [1.29, 1.82) is 0 Å². The lowest BCUT2D eigenvalue weighted by Gasteiger charge is -2.28. The highest BCUT2D eigenvalue weighted by Gasteiger charge is 2.29. The molecule has 17 heavy (non-hydrogen) atoms. The smallest absolute Gasteiger partial charge is 0.354 e. The summed E-state index contributed by atoms with van der Waals surface area (Å²) in [5.74, 6) is 0.182. The van der Waals surface area contributed by atoms with Gasteiger partial charge in [0.1, 0.15) is 0 Å². The zero-order valence-corrected chi connectivity index (χ0v) is 9.94. The van der Waals surface area contributed by atoms with Crippen molar-refractivity contribution in [2.75, 3.05) is 13.1 Å². The first kappa shape index (κ1) is 14.3. The Morgan fingerprint density at radius 2 is 2.18 bits per heavy atom. The maximum absolute atomic E-state index is 11.9. The van der Waals surface area contributed by atoms with Crippen LogP contribution in [0.5, 0.6) is 0 Å². The molecule has 0 bridgehead atoms. The average Bonchev–Trinajstić information content (AvgIpc) is 2.27. The van der Waals surface area contributed by atoms with Crippen molar-refractivity contribution < 1.29 is 18.0 Å². The molecule has 0 spiro atoms. The van der Waals surface area contributed by atoms with Gasteiger partial charge in [0.15, 0.2) is 0 Å². The van der Waals surface area contributed by atoms with Gasteiger partial charge in [-0.1, -0.05) is 13.3 Å². The van der Waals surface area contributed by atoms with Gasteiger partial charge in [0.25, 0.3) is 0 Å². The highest BCUT2D eigenvalue weighted by molar-refractivity contribution is 5.81. The molecule has 0 aromatic heterocycles. The molecular formula is C11H19F3N2O. The first-order valence-corrected chi connectivity index (χ1v) is 6.00. The molecule has 6 heteroatoms. The summed E-state index contributed by atoms with van der Waals surface area (Å²) in [6, 6.07) is -0.332. The van der Waals surface area contributed by atoms with Crippen molar-refractivity contribution in [3.63, 3.8) is 0 Å². The first-order chi connectivity index (χ1) is 7.92. The minimum atomic E-state index is -4.21. The summed E-state index contributed by atoms with van der Waals surface area (Å²) in [6.07, 6.45) is -2.42. The fraction of sp³-hybridized carbons (Fsp3) is 0.909. The maximum atomic E-state index is 11.9. The van der Waals surface area contributed by atoms with Gasteiger partial charge in [0, 0.05) is 6.54 Å². The third-order valence-corrected chi connectivity index (χ3v) is 3.11. The van der Waals surface area contributed by atoms with Crippen LogP contribution >= 0.6 is 0 Å². The lowest BCUT2D eigenvalue weighted by atomic mass is 9.90. The van der Waals surface area contributed by atoms with E-state index in [1.165, 1.54) is 0 Å². The van der Waals surface area contributed by atoms with Gasteiger partial charge in [0.2, 0.25) is 5.91 Å². The Labute approximate surface area is 99.1 Å². The van der Waals surface area contributed by atoms with Crippen molar-refractivity contribution in [2.45, 2.75) is 44.8 Å². The van der Waals surface area contributed by atoms with Gasteiger partial charge < -0.3 is 10.6 Å². The number of piperidine rings is 1. The number of alkyl halides is 3. The lowest BCUT2D eigenvalue weighted by molar-refractivity contribution is -0.136. The van der Waals surface area contributed by atoms with E-state index in [1.54, 1.807) is 0 Å². The predicted molar refractivity (Wildman–Crippen MR) is 58.5 cm³/mol. The van der Waals surface area contributed by atoms with E-state index >= 15 is 0 Å². The van der Waals surface area contributed by atoms with Crippen LogP contribution in [-0.4, -0.2) is 31.2 Å². The standard InChI is InChI=1S/C11H19F3N2O/c1-2-8-3-5-15-9(7-8)10(17)16-6-4-11(12,13)14/h8-9,15H,2-7H2,1H3,(H,16,17). The number of nitrogens with one attached hydrogen (secondary N) is 2. The highest BCUT2D eigenvalue weighted by Crippen LogP contribution is 2.20. The number of carbonyl (C=O) groups excluding carboxylic acids is 1. The van der Waals surface area contributed by atoms with Gasteiger partial charge in [-0.3, -0.25) is 4.79 Å². The molecule has 1 rings (SSSR count). The number of rotatable bonds is 4. The Balaban J connectivity index is 2.27. The normalized spacial score (nSPS) is 25.6. The summed E-state index contributed by atoms with van der Waals surface area (Å²) < 4.78 is 35.7. The molecule has 1 saturated heterocycles. The lowest BCUT2D eigenvalue weighted by Crippen LogP contribution is -2.49. The molecule has 2 N–H and O–H groups in total. The van der Waals surface area contributed by atoms with Crippen LogP contribution in [0.4, 0.5) is 13.2 Å². The van der Waals surface area contributed by atoms with Gasteiger partial charge >= 0.3 is 6.18 Å². The van der Waals surface area contributed by atoms with Crippen molar-refractivity contribution in [3.05, 3.63) is 0 Å². The quantitative estimate of drug-likeness (QED) is 0.801. The zero-order valence-electron chi connectivity index (χ0n) is 9.94. The van der Waals surface area contributed by atoms with Gasteiger partial charge in [-0.15, -0.1) is 0 Å². The van der Waals surface area contributed by atoms with E-state index in [2.05, 4.69) is 17.6 Å². The Bertz CT molecular complexity index is 256. The molecule has 100 valence electrons. The SMILES string of the molecule is CCC1CCNC(C(=O)NCCC(F)(F)F)C1. The van der Waals surface area contributed by atoms with Crippen LogP contribution in [0, 0.1) is 5.92 Å². The molecule has 0 aromatic rings. The molecule has 0 aromatic carbocycles. The summed E-state index contributed by atoms with van der Waals surface area (Å²) >= 11 is 0. The molecule has 0 radical (unpaired) electrons. The Kier molecular flexibility index (Phi) is 5.24. The second-order valence-corrected chi connectivity index (χ2v) is 4.46. The van der Waals surface area contributed by atoms with Gasteiger partial charge in [-0.25, -0.2) is 0 Å². The van der Waals surface area contributed by atoms with Gasteiger partial charge in [0.05, 0.1) is 12.5 Å². The first-order valence-electron chi connectivity index (χ1n) is 6.00. The molecule has 1 amide bonds. The second-order valence-electron chi connectivity index (χ2n) is 4.46. The zero-order chi connectivity index (χ0) is 12.9. The average molecular weight is 252 g/mol. The number of hydrogen-bond acceptors (Lipinski definition) is 2. The monoisotopic (exact) mass is 252 g/mol. The second kappa shape index (κ2) is 6.23. The van der Waals surface area contributed by atoms with Crippen LogP contribution in [0.1, 0.15) is 32.6 Å². The van der Waals surface area contributed by atoms with Crippen LogP contribution < -0.4 is 10.6 Å². The summed E-state index contributed by atoms with van der Waals surface area (Å²) in [6.45, 7) is 2.49. The van der Waals surface area contributed by atoms with Crippen molar-refractivity contribution >= 4 is 5.91 Å². The van der Waals surface area contributed by atoms with Crippen molar-refractivity contribution in [1.82, 2.24) is 10.6 Å². The largest absolute Gasteiger partial charge is 0.390 e.